The number of carbonyl (C=O) groups is 4. The van der Waals surface area contributed by atoms with Crippen LogP contribution in [0, 0.1) is 0 Å². The van der Waals surface area contributed by atoms with E-state index in [1.54, 1.807) is 47.2 Å². The second-order valence-corrected chi connectivity index (χ2v) is 9.59. The molecule has 0 spiro atoms. The molecule has 2 N–H and O–H groups in total. The lowest BCUT2D eigenvalue weighted by Gasteiger charge is -2.33. The number of thioether (sulfide) groups is 2. The van der Waals surface area contributed by atoms with Crippen LogP contribution in [0.5, 0.6) is 0 Å². The third-order valence-corrected chi connectivity index (χ3v) is 7.50. The number of amides is 4. The molecule has 29 heavy (non-hydrogen) atoms. The summed E-state index contributed by atoms with van der Waals surface area (Å²) in [4.78, 5) is 52.9. The Morgan fingerprint density at radius 2 is 1.38 bits per heavy atom. The molecule has 0 bridgehead atoms. The lowest BCUT2D eigenvalue weighted by molar-refractivity contribution is -0.139. The summed E-state index contributed by atoms with van der Waals surface area (Å²) in [6.45, 7) is 7.68. The zero-order valence-corrected chi connectivity index (χ0v) is 19.3. The molecule has 10 heteroatoms. The maximum absolute atomic E-state index is 12.8. The summed E-state index contributed by atoms with van der Waals surface area (Å²) in [6, 6.07) is -0.939. The predicted molar refractivity (Wildman–Crippen MR) is 116 cm³/mol. The van der Waals surface area contributed by atoms with Gasteiger partial charge in [0.05, 0.1) is 17.3 Å². The first kappa shape index (κ1) is 23.9. The van der Waals surface area contributed by atoms with Gasteiger partial charge in [-0.3, -0.25) is 19.2 Å². The van der Waals surface area contributed by atoms with Crippen molar-refractivity contribution in [2.24, 2.45) is 0 Å². The zero-order chi connectivity index (χ0) is 21.6. The Morgan fingerprint density at radius 3 is 1.83 bits per heavy atom. The van der Waals surface area contributed by atoms with E-state index >= 15 is 0 Å². The molecular formula is C19H32N4O4S2. The Morgan fingerprint density at radius 1 is 0.897 bits per heavy atom. The highest BCUT2D eigenvalue weighted by molar-refractivity contribution is 7.99. The van der Waals surface area contributed by atoms with Gasteiger partial charge in [-0.1, -0.05) is 20.8 Å². The standard InChI is InChI=1S/C19H32N4O4S2/c1-5-15(24)22-11-28-8-13(22)17(26)20-10-19(4,7-3)21-18(27)14-9-29-12-23(14)16(25)6-2/h13-14H,5-12H2,1-4H3,(H,20,26)(H,21,27)/t13-,14+,19+/m1/s1. The van der Waals surface area contributed by atoms with Crippen LogP contribution >= 0.6 is 23.5 Å². The Balaban J connectivity index is 1.95. The highest BCUT2D eigenvalue weighted by Gasteiger charge is 2.38. The first-order chi connectivity index (χ1) is 13.8. The van der Waals surface area contributed by atoms with E-state index in [0.717, 1.165) is 0 Å². The number of rotatable bonds is 8. The van der Waals surface area contributed by atoms with Gasteiger partial charge in [0.15, 0.2) is 0 Å². The van der Waals surface area contributed by atoms with Crippen LogP contribution in [0.1, 0.15) is 47.0 Å². The van der Waals surface area contributed by atoms with Gasteiger partial charge < -0.3 is 20.4 Å². The molecule has 8 nitrogen and oxygen atoms in total. The third kappa shape index (κ3) is 5.81. The van der Waals surface area contributed by atoms with E-state index in [-0.39, 0.29) is 30.2 Å². The molecule has 4 amide bonds. The molecule has 0 radical (unpaired) electrons. The quantitative estimate of drug-likeness (QED) is 0.580. The monoisotopic (exact) mass is 444 g/mol. The van der Waals surface area contributed by atoms with Crippen molar-refractivity contribution in [3.05, 3.63) is 0 Å². The fourth-order valence-electron chi connectivity index (χ4n) is 3.26. The molecule has 0 saturated carbocycles. The molecule has 2 rings (SSSR count). The minimum atomic E-state index is -0.633. The molecule has 0 aromatic heterocycles. The summed E-state index contributed by atoms with van der Waals surface area (Å²) in [7, 11) is 0. The van der Waals surface area contributed by atoms with Crippen molar-refractivity contribution in [1.82, 2.24) is 20.4 Å². The van der Waals surface area contributed by atoms with Gasteiger partial charge in [0.1, 0.15) is 12.1 Å². The van der Waals surface area contributed by atoms with Crippen molar-refractivity contribution in [3.63, 3.8) is 0 Å². The van der Waals surface area contributed by atoms with E-state index in [0.29, 0.717) is 42.5 Å². The van der Waals surface area contributed by atoms with Crippen LogP contribution < -0.4 is 10.6 Å². The molecule has 2 aliphatic rings. The number of nitrogens with zero attached hydrogens (tertiary/aromatic N) is 2. The summed E-state index contributed by atoms with van der Waals surface area (Å²) in [5.74, 6) is 1.80. The average molecular weight is 445 g/mol. The van der Waals surface area contributed by atoms with Crippen LogP contribution in [0.4, 0.5) is 0 Å². The lowest BCUT2D eigenvalue weighted by Crippen LogP contribution is -2.59. The van der Waals surface area contributed by atoms with Crippen molar-refractivity contribution in [2.45, 2.75) is 64.6 Å². The fraction of sp³-hybridized carbons (Fsp3) is 0.789. The number of hydrogen-bond acceptors (Lipinski definition) is 6. The largest absolute Gasteiger partial charge is 0.352 e. The fourth-order valence-corrected chi connectivity index (χ4v) is 5.62. The summed E-state index contributed by atoms with van der Waals surface area (Å²) < 4.78 is 0. The van der Waals surface area contributed by atoms with E-state index in [2.05, 4.69) is 10.6 Å². The van der Waals surface area contributed by atoms with E-state index in [1.807, 2.05) is 13.8 Å². The Kier molecular flexibility index (Phi) is 8.69. The molecule has 0 aromatic carbocycles. The van der Waals surface area contributed by atoms with Gasteiger partial charge in [0, 0.05) is 30.9 Å². The smallest absolute Gasteiger partial charge is 0.244 e. The van der Waals surface area contributed by atoms with Crippen LogP contribution in [-0.4, -0.2) is 80.9 Å². The first-order valence-corrected chi connectivity index (χ1v) is 12.4. The maximum Gasteiger partial charge on any atom is 0.244 e. The van der Waals surface area contributed by atoms with Gasteiger partial charge in [0.2, 0.25) is 23.6 Å². The first-order valence-electron chi connectivity index (χ1n) is 10.1. The van der Waals surface area contributed by atoms with Crippen LogP contribution in [0.3, 0.4) is 0 Å². The maximum atomic E-state index is 12.8. The molecule has 164 valence electrons. The zero-order valence-electron chi connectivity index (χ0n) is 17.7. The van der Waals surface area contributed by atoms with Gasteiger partial charge in [-0.2, -0.15) is 0 Å². The van der Waals surface area contributed by atoms with Crippen molar-refractivity contribution in [2.75, 3.05) is 29.8 Å². The number of carbonyl (C=O) groups excluding carboxylic acids is 4. The molecule has 0 aromatic rings. The molecule has 2 fully saturated rings. The summed E-state index contributed by atoms with van der Waals surface area (Å²) in [6.07, 6.45) is 1.37. The van der Waals surface area contributed by atoms with Crippen molar-refractivity contribution >= 4 is 47.2 Å². The Bertz CT molecular complexity index is 648. The normalized spacial score (nSPS) is 23.6. The van der Waals surface area contributed by atoms with E-state index in [1.165, 1.54) is 0 Å². The minimum Gasteiger partial charge on any atom is -0.352 e. The molecule has 2 saturated heterocycles. The number of nitrogens with one attached hydrogen (secondary N) is 2. The average Bonchev–Trinajstić information content (AvgIpc) is 3.40. The van der Waals surface area contributed by atoms with Crippen LogP contribution in [0.25, 0.3) is 0 Å². The number of hydrogen-bond donors (Lipinski definition) is 2. The van der Waals surface area contributed by atoms with Gasteiger partial charge in [-0.25, -0.2) is 0 Å². The SMILES string of the molecule is CCC(=O)N1CSC[C@@H]1C(=O)NC[C@](C)(CC)NC(=O)[C@@H]1CSCN1C(=O)CC. The van der Waals surface area contributed by atoms with Gasteiger partial charge in [-0.15, -0.1) is 23.5 Å². The molecule has 3 atom stereocenters. The summed E-state index contributed by atoms with van der Waals surface area (Å²) in [5.41, 5.74) is -0.633. The molecule has 0 unspecified atom stereocenters. The molecule has 0 aliphatic carbocycles. The van der Waals surface area contributed by atoms with E-state index in [4.69, 9.17) is 0 Å². The predicted octanol–water partition coefficient (Wildman–Crippen LogP) is 1.01. The lowest BCUT2D eigenvalue weighted by atomic mass is 9.97. The minimum absolute atomic E-state index is 0.0267. The highest BCUT2D eigenvalue weighted by atomic mass is 32.2. The van der Waals surface area contributed by atoms with Gasteiger partial charge in [-0.05, 0) is 13.3 Å². The molecule has 2 heterocycles. The second kappa shape index (κ2) is 10.6. The van der Waals surface area contributed by atoms with Gasteiger partial charge >= 0.3 is 0 Å². The topological polar surface area (TPSA) is 98.8 Å². The Hall–Kier alpha value is -1.42. The second-order valence-electron chi connectivity index (χ2n) is 7.59. The summed E-state index contributed by atoms with van der Waals surface area (Å²) >= 11 is 3.14. The Labute approximate surface area is 181 Å². The van der Waals surface area contributed by atoms with E-state index < -0.39 is 17.6 Å². The highest BCUT2D eigenvalue weighted by Crippen LogP contribution is 2.24. The molecule has 2 aliphatic heterocycles. The van der Waals surface area contributed by atoms with Crippen molar-refractivity contribution in [3.8, 4) is 0 Å². The summed E-state index contributed by atoms with van der Waals surface area (Å²) in [5, 5.41) is 5.96. The third-order valence-electron chi connectivity index (χ3n) is 5.47. The van der Waals surface area contributed by atoms with E-state index in [9.17, 15) is 19.2 Å². The van der Waals surface area contributed by atoms with Crippen LogP contribution in [-0.2, 0) is 19.2 Å². The van der Waals surface area contributed by atoms with Crippen molar-refractivity contribution in [1.29, 1.82) is 0 Å². The van der Waals surface area contributed by atoms with Gasteiger partial charge in [0.25, 0.3) is 0 Å². The van der Waals surface area contributed by atoms with Crippen LogP contribution in [0.2, 0.25) is 0 Å². The van der Waals surface area contributed by atoms with Crippen molar-refractivity contribution < 1.29 is 19.2 Å². The molecular weight excluding hydrogens is 412 g/mol. The van der Waals surface area contributed by atoms with Crippen LogP contribution in [0.15, 0.2) is 0 Å².